The molecule has 1 fully saturated rings. The van der Waals surface area contributed by atoms with Gasteiger partial charge in [-0.05, 0) is 49.6 Å². The molecule has 0 unspecified atom stereocenters. The van der Waals surface area contributed by atoms with Crippen molar-refractivity contribution in [1.82, 2.24) is 10.2 Å². The van der Waals surface area contributed by atoms with Crippen molar-refractivity contribution in [1.29, 1.82) is 0 Å². The normalized spacial score (nSPS) is 14.9. The first-order chi connectivity index (χ1) is 12.5. The summed E-state index contributed by atoms with van der Waals surface area (Å²) in [5.41, 5.74) is 2.59. The van der Waals surface area contributed by atoms with Crippen LogP contribution in [-0.4, -0.2) is 35.8 Å². The fourth-order valence-electron chi connectivity index (χ4n) is 3.14. The number of piperidine rings is 1. The minimum atomic E-state index is -0.300. The van der Waals surface area contributed by atoms with E-state index in [1.807, 2.05) is 36.1 Å². The molecule has 26 heavy (non-hydrogen) atoms. The van der Waals surface area contributed by atoms with Crippen molar-refractivity contribution >= 4 is 11.8 Å². The number of hydrogen-bond acceptors (Lipinski definition) is 2. The average Bonchev–Trinajstić information content (AvgIpc) is 2.64. The van der Waals surface area contributed by atoms with Gasteiger partial charge in [-0.1, -0.05) is 29.8 Å². The van der Waals surface area contributed by atoms with E-state index in [1.54, 1.807) is 12.1 Å². The largest absolute Gasteiger partial charge is 0.349 e. The molecule has 0 radical (unpaired) electrons. The van der Waals surface area contributed by atoms with Gasteiger partial charge in [0.05, 0.1) is 6.42 Å². The molecule has 4 nitrogen and oxygen atoms in total. The van der Waals surface area contributed by atoms with Gasteiger partial charge in [-0.15, -0.1) is 0 Å². The Labute approximate surface area is 153 Å². The Morgan fingerprint density at radius 1 is 1.04 bits per heavy atom. The zero-order valence-corrected chi connectivity index (χ0v) is 14.9. The molecule has 2 aromatic rings. The van der Waals surface area contributed by atoms with Crippen molar-refractivity contribution in [2.75, 3.05) is 13.1 Å². The Morgan fingerprint density at radius 2 is 1.65 bits per heavy atom. The standard InChI is InChI=1S/C21H23FN2O2/c1-15-2-6-17(7-3-15)21(26)23-19-10-12-24(13-11-19)20(25)14-16-4-8-18(22)9-5-16/h2-9,19H,10-14H2,1H3,(H,23,26). The van der Waals surface area contributed by atoms with E-state index >= 15 is 0 Å². The second-order valence-electron chi connectivity index (χ2n) is 6.80. The maximum absolute atomic E-state index is 12.9. The monoisotopic (exact) mass is 354 g/mol. The van der Waals surface area contributed by atoms with Crippen LogP contribution in [0.1, 0.15) is 34.3 Å². The van der Waals surface area contributed by atoms with Gasteiger partial charge in [0.1, 0.15) is 5.82 Å². The number of hydrogen-bond donors (Lipinski definition) is 1. The molecule has 2 amide bonds. The fraction of sp³-hybridized carbons (Fsp3) is 0.333. The Balaban J connectivity index is 1.47. The van der Waals surface area contributed by atoms with Crippen LogP contribution in [0.4, 0.5) is 4.39 Å². The Bertz CT molecular complexity index is 764. The molecule has 5 heteroatoms. The van der Waals surface area contributed by atoms with Gasteiger partial charge in [0.25, 0.3) is 5.91 Å². The van der Waals surface area contributed by atoms with Gasteiger partial charge < -0.3 is 10.2 Å². The molecule has 1 aliphatic rings. The third-order valence-corrected chi connectivity index (χ3v) is 4.77. The molecule has 0 saturated carbocycles. The third kappa shape index (κ3) is 4.69. The minimum absolute atomic E-state index is 0.0416. The van der Waals surface area contributed by atoms with E-state index in [2.05, 4.69) is 5.32 Å². The van der Waals surface area contributed by atoms with Crippen molar-refractivity contribution in [3.63, 3.8) is 0 Å². The van der Waals surface area contributed by atoms with Gasteiger partial charge in [-0.2, -0.15) is 0 Å². The number of benzene rings is 2. The van der Waals surface area contributed by atoms with Crippen LogP contribution < -0.4 is 5.32 Å². The summed E-state index contributed by atoms with van der Waals surface area (Å²) < 4.78 is 12.9. The first-order valence-electron chi connectivity index (χ1n) is 8.91. The summed E-state index contributed by atoms with van der Waals surface area (Å²) in [6.07, 6.45) is 1.76. The molecule has 1 saturated heterocycles. The maximum Gasteiger partial charge on any atom is 0.251 e. The molecule has 0 atom stereocenters. The number of nitrogens with one attached hydrogen (secondary N) is 1. The van der Waals surface area contributed by atoms with Gasteiger partial charge in [-0.3, -0.25) is 9.59 Å². The van der Waals surface area contributed by atoms with Gasteiger partial charge in [0.2, 0.25) is 5.91 Å². The summed E-state index contributed by atoms with van der Waals surface area (Å²) in [4.78, 5) is 26.5. The molecule has 2 aromatic carbocycles. The molecular formula is C21H23FN2O2. The number of halogens is 1. The first-order valence-corrected chi connectivity index (χ1v) is 8.91. The lowest BCUT2D eigenvalue weighted by atomic mass is 10.0. The molecule has 0 aromatic heterocycles. The van der Waals surface area contributed by atoms with E-state index < -0.39 is 0 Å². The van der Waals surface area contributed by atoms with E-state index in [9.17, 15) is 14.0 Å². The predicted octanol–water partition coefficient (Wildman–Crippen LogP) is 3.10. The number of amides is 2. The Hall–Kier alpha value is -2.69. The zero-order valence-electron chi connectivity index (χ0n) is 14.9. The summed E-state index contributed by atoms with van der Waals surface area (Å²) in [6, 6.07) is 13.6. The van der Waals surface area contributed by atoms with Crippen molar-refractivity contribution < 1.29 is 14.0 Å². The molecule has 0 aliphatic carbocycles. The number of aryl methyl sites for hydroxylation is 1. The lowest BCUT2D eigenvalue weighted by Crippen LogP contribution is -2.47. The van der Waals surface area contributed by atoms with Gasteiger partial charge in [0, 0.05) is 24.7 Å². The molecular weight excluding hydrogens is 331 g/mol. The third-order valence-electron chi connectivity index (χ3n) is 4.77. The molecule has 3 rings (SSSR count). The molecule has 1 heterocycles. The van der Waals surface area contributed by atoms with E-state index in [0.29, 0.717) is 18.7 Å². The lowest BCUT2D eigenvalue weighted by Gasteiger charge is -2.32. The highest BCUT2D eigenvalue weighted by molar-refractivity contribution is 5.94. The van der Waals surface area contributed by atoms with Crippen LogP contribution in [0.5, 0.6) is 0 Å². The number of carbonyl (C=O) groups is 2. The summed E-state index contributed by atoms with van der Waals surface area (Å²) in [5, 5.41) is 3.05. The van der Waals surface area contributed by atoms with E-state index in [1.165, 1.54) is 12.1 Å². The summed E-state index contributed by atoms with van der Waals surface area (Å²) >= 11 is 0. The Morgan fingerprint density at radius 3 is 2.27 bits per heavy atom. The molecule has 1 aliphatic heterocycles. The van der Waals surface area contributed by atoms with Crippen LogP contribution in [-0.2, 0) is 11.2 Å². The van der Waals surface area contributed by atoms with Crippen LogP contribution >= 0.6 is 0 Å². The molecule has 0 bridgehead atoms. The quantitative estimate of drug-likeness (QED) is 0.917. The number of nitrogens with zero attached hydrogens (tertiary/aromatic N) is 1. The topological polar surface area (TPSA) is 49.4 Å². The minimum Gasteiger partial charge on any atom is -0.349 e. The van der Waals surface area contributed by atoms with Crippen LogP contribution in [0.2, 0.25) is 0 Å². The van der Waals surface area contributed by atoms with Crippen molar-refractivity contribution in [3.8, 4) is 0 Å². The van der Waals surface area contributed by atoms with Crippen molar-refractivity contribution in [2.45, 2.75) is 32.2 Å². The fourth-order valence-corrected chi connectivity index (χ4v) is 3.14. The summed E-state index contributed by atoms with van der Waals surface area (Å²) in [5.74, 6) is -0.327. The van der Waals surface area contributed by atoms with Gasteiger partial charge >= 0.3 is 0 Å². The van der Waals surface area contributed by atoms with Crippen molar-refractivity contribution in [3.05, 3.63) is 71.0 Å². The van der Waals surface area contributed by atoms with Gasteiger partial charge in [-0.25, -0.2) is 4.39 Å². The lowest BCUT2D eigenvalue weighted by molar-refractivity contribution is -0.131. The average molecular weight is 354 g/mol. The smallest absolute Gasteiger partial charge is 0.251 e. The van der Waals surface area contributed by atoms with Crippen LogP contribution in [0, 0.1) is 12.7 Å². The molecule has 0 spiro atoms. The Kier molecular flexibility index (Phi) is 5.66. The van der Waals surface area contributed by atoms with Crippen LogP contribution in [0.3, 0.4) is 0 Å². The summed E-state index contributed by atoms with van der Waals surface area (Å²) in [7, 11) is 0. The predicted molar refractivity (Wildman–Crippen MR) is 98.4 cm³/mol. The number of carbonyl (C=O) groups excluding carboxylic acids is 2. The SMILES string of the molecule is Cc1ccc(C(=O)NC2CCN(C(=O)Cc3ccc(F)cc3)CC2)cc1. The van der Waals surface area contributed by atoms with E-state index in [-0.39, 0.29) is 30.1 Å². The summed E-state index contributed by atoms with van der Waals surface area (Å²) in [6.45, 7) is 3.23. The highest BCUT2D eigenvalue weighted by Crippen LogP contribution is 2.14. The molecule has 136 valence electrons. The first kappa shape index (κ1) is 18.1. The maximum atomic E-state index is 12.9. The number of rotatable bonds is 4. The van der Waals surface area contributed by atoms with Gasteiger partial charge in [0.15, 0.2) is 0 Å². The number of likely N-dealkylation sites (tertiary alicyclic amines) is 1. The highest BCUT2D eigenvalue weighted by Gasteiger charge is 2.24. The van der Waals surface area contributed by atoms with E-state index in [4.69, 9.17) is 0 Å². The zero-order chi connectivity index (χ0) is 18.5. The second kappa shape index (κ2) is 8.13. The molecule has 1 N–H and O–H groups in total. The second-order valence-corrected chi connectivity index (χ2v) is 6.80. The van der Waals surface area contributed by atoms with Crippen molar-refractivity contribution in [2.24, 2.45) is 0 Å². The van der Waals surface area contributed by atoms with Crippen LogP contribution in [0.25, 0.3) is 0 Å². The van der Waals surface area contributed by atoms with E-state index in [0.717, 1.165) is 24.0 Å². The van der Waals surface area contributed by atoms with Crippen LogP contribution in [0.15, 0.2) is 48.5 Å². The highest BCUT2D eigenvalue weighted by atomic mass is 19.1.